The molecule has 0 aromatic heterocycles. The molecule has 0 spiro atoms. The Bertz CT molecular complexity index is 1180. The minimum absolute atomic E-state index is 0.382. The number of anilines is 1. The summed E-state index contributed by atoms with van der Waals surface area (Å²) < 4.78 is 31.7. The zero-order valence-corrected chi connectivity index (χ0v) is 19.7. The quantitative estimate of drug-likeness (QED) is 0.345. The van der Waals surface area contributed by atoms with Crippen molar-refractivity contribution in [1.29, 1.82) is 0 Å². The van der Waals surface area contributed by atoms with E-state index in [-0.39, 0.29) is 6.54 Å². The summed E-state index contributed by atoms with van der Waals surface area (Å²) in [6.07, 6.45) is 2.52. The van der Waals surface area contributed by atoms with Crippen LogP contribution < -0.4 is 14.5 Å². The van der Waals surface area contributed by atoms with Crippen LogP contribution in [0, 0.1) is 0 Å². The number of halogens is 1. The van der Waals surface area contributed by atoms with Gasteiger partial charge in [0.05, 0.1) is 18.2 Å². The number of hydrogen-bond acceptors (Lipinski definition) is 5. The smallest absolute Gasteiger partial charge is 0.260 e. The number of rotatable bonds is 9. The van der Waals surface area contributed by atoms with E-state index in [1.54, 1.807) is 36.4 Å². The van der Waals surface area contributed by atoms with Crippen molar-refractivity contribution in [1.82, 2.24) is 5.43 Å². The first-order valence-electron chi connectivity index (χ1n) is 9.63. The van der Waals surface area contributed by atoms with Crippen LogP contribution in [0.15, 0.2) is 88.4 Å². The van der Waals surface area contributed by atoms with Crippen LogP contribution in [0.2, 0.25) is 0 Å². The molecule has 0 bridgehead atoms. The van der Waals surface area contributed by atoms with Gasteiger partial charge in [-0.1, -0.05) is 52.3 Å². The molecular weight excluding hydrogens is 494 g/mol. The largest absolute Gasteiger partial charge is 0.489 e. The molecule has 9 heteroatoms. The first-order valence-corrected chi connectivity index (χ1v) is 12.3. The highest BCUT2D eigenvalue weighted by Crippen LogP contribution is 2.21. The predicted octanol–water partition coefficient (Wildman–Crippen LogP) is 3.94. The van der Waals surface area contributed by atoms with Gasteiger partial charge in [0.2, 0.25) is 10.0 Å². The number of carbonyl (C=O) groups excluding carboxylic acids is 1. The van der Waals surface area contributed by atoms with Gasteiger partial charge in [-0.3, -0.25) is 9.10 Å². The van der Waals surface area contributed by atoms with E-state index < -0.39 is 15.9 Å². The lowest BCUT2D eigenvalue weighted by molar-refractivity contribution is -0.119. The van der Waals surface area contributed by atoms with Crippen LogP contribution in [-0.4, -0.2) is 33.3 Å². The van der Waals surface area contributed by atoms with Crippen molar-refractivity contribution >= 4 is 43.8 Å². The van der Waals surface area contributed by atoms with Crippen molar-refractivity contribution in [2.75, 3.05) is 17.1 Å². The summed E-state index contributed by atoms with van der Waals surface area (Å²) in [5, 5.41) is 3.92. The first kappa shape index (κ1) is 23.5. The third kappa shape index (κ3) is 7.21. The lowest BCUT2D eigenvalue weighted by Gasteiger charge is -2.21. The Hall–Kier alpha value is -3.17. The van der Waals surface area contributed by atoms with E-state index in [4.69, 9.17) is 4.74 Å². The molecule has 0 atom stereocenters. The van der Waals surface area contributed by atoms with Gasteiger partial charge >= 0.3 is 0 Å². The van der Waals surface area contributed by atoms with Crippen LogP contribution in [-0.2, 0) is 21.4 Å². The molecule has 7 nitrogen and oxygen atoms in total. The van der Waals surface area contributed by atoms with Gasteiger partial charge in [0.15, 0.2) is 0 Å². The molecule has 1 amide bonds. The molecule has 1 N–H and O–H groups in total. The summed E-state index contributed by atoms with van der Waals surface area (Å²) in [6, 6.07) is 23.8. The van der Waals surface area contributed by atoms with Gasteiger partial charge in [0, 0.05) is 4.47 Å². The molecule has 0 saturated heterocycles. The third-order valence-electron chi connectivity index (χ3n) is 4.32. The molecule has 0 aliphatic rings. The second kappa shape index (κ2) is 10.9. The van der Waals surface area contributed by atoms with Crippen molar-refractivity contribution in [3.63, 3.8) is 0 Å². The Morgan fingerprint density at radius 2 is 1.78 bits per heavy atom. The van der Waals surface area contributed by atoms with Gasteiger partial charge in [0.1, 0.15) is 18.9 Å². The van der Waals surface area contributed by atoms with Crippen LogP contribution in [0.5, 0.6) is 5.75 Å². The summed E-state index contributed by atoms with van der Waals surface area (Å²) in [4.78, 5) is 12.3. The van der Waals surface area contributed by atoms with E-state index in [2.05, 4.69) is 26.5 Å². The number of nitrogens with one attached hydrogen (secondary N) is 1. The summed E-state index contributed by atoms with van der Waals surface area (Å²) in [6.45, 7) is 0.0814. The van der Waals surface area contributed by atoms with Gasteiger partial charge in [0.25, 0.3) is 5.91 Å². The fraction of sp³-hybridized carbons (Fsp3) is 0.130. The number of sulfonamides is 1. The van der Waals surface area contributed by atoms with Crippen LogP contribution >= 0.6 is 15.9 Å². The number of carbonyl (C=O) groups is 1. The van der Waals surface area contributed by atoms with Crippen LogP contribution in [0.1, 0.15) is 11.1 Å². The number of amides is 1. The minimum atomic E-state index is -3.65. The van der Waals surface area contributed by atoms with Gasteiger partial charge in [-0.05, 0) is 53.6 Å². The molecule has 0 aliphatic carbocycles. The Morgan fingerprint density at radius 3 is 2.44 bits per heavy atom. The summed E-state index contributed by atoms with van der Waals surface area (Å²) in [5.41, 5.74) is 4.57. The minimum Gasteiger partial charge on any atom is -0.489 e. The summed E-state index contributed by atoms with van der Waals surface area (Å²) in [5.74, 6) is 0.155. The fourth-order valence-corrected chi connectivity index (χ4v) is 4.00. The number of benzene rings is 3. The standard InChI is InChI=1S/C23H22BrN3O4S/c1-32(29,30)27(21-9-5-8-20(24)14-21)16-23(28)26-25-15-18-10-12-22(13-11-18)31-17-19-6-3-2-4-7-19/h2-15H,16-17H2,1H3,(H,26,28)/b25-15-. The van der Waals surface area contributed by atoms with Crippen LogP contribution in [0.25, 0.3) is 0 Å². The molecule has 3 rings (SSSR count). The van der Waals surface area contributed by atoms with Crippen molar-refractivity contribution in [2.45, 2.75) is 6.61 Å². The van der Waals surface area contributed by atoms with Crippen molar-refractivity contribution < 1.29 is 17.9 Å². The van der Waals surface area contributed by atoms with E-state index in [9.17, 15) is 13.2 Å². The average molecular weight is 516 g/mol. The van der Waals surface area contributed by atoms with Gasteiger partial charge < -0.3 is 4.74 Å². The monoisotopic (exact) mass is 515 g/mol. The Labute approximate surface area is 195 Å². The Morgan fingerprint density at radius 1 is 1.06 bits per heavy atom. The van der Waals surface area contributed by atoms with E-state index in [0.29, 0.717) is 22.5 Å². The van der Waals surface area contributed by atoms with Crippen molar-refractivity contribution in [2.24, 2.45) is 5.10 Å². The number of hydrazone groups is 1. The fourth-order valence-electron chi connectivity index (χ4n) is 2.77. The molecule has 3 aromatic carbocycles. The molecule has 0 fully saturated rings. The normalized spacial score (nSPS) is 11.3. The molecule has 32 heavy (non-hydrogen) atoms. The second-order valence-electron chi connectivity index (χ2n) is 6.89. The van der Waals surface area contributed by atoms with Crippen molar-refractivity contribution in [3.05, 3.63) is 94.5 Å². The maximum absolute atomic E-state index is 12.3. The maximum atomic E-state index is 12.3. The van der Waals surface area contributed by atoms with E-state index in [1.165, 1.54) is 6.21 Å². The zero-order valence-electron chi connectivity index (χ0n) is 17.3. The highest BCUT2D eigenvalue weighted by atomic mass is 79.9. The average Bonchev–Trinajstić information content (AvgIpc) is 2.77. The molecule has 0 unspecified atom stereocenters. The van der Waals surface area contributed by atoms with Crippen LogP contribution in [0.3, 0.4) is 0 Å². The molecule has 3 aromatic rings. The Balaban J connectivity index is 1.54. The lowest BCUT2D eigenvalue weighted by atomic mass is 10.2. The van der Waals surface area contributed by atoms with Gasteiger partial charge in [-0.2, -0.15) is 5.10 Å². The summed E-state index contributed by atoms with van der Waals surface area (Å²) >= 11 is 3.30. The maximum Gasteiger partial charge on any atom is 0.260 e. The van der Waals surface area contributed by atoms with E-state index in [1.807, 2.05) is 42.5 Å². The summed E-state index contributed by atoms with van der Waals surface area (Å²) in [7, 11) is -3.65. The number of ether oxygens (including phenoxy) is 1. The molecule has 0 aliphatic heterocycles. The molecule has 0 heterocycles. The zero-order chi connectivity index (χ0) is 23.0. The third-order valence-corrected chi connectivity index (χ3v) is 5.95. The predicted molar refractivity (Wildman–Crippen MR) is 129 cm³/mol. The topological polar surface area (TPSA) is 88.1 Å². The molecule has 0 radical (unpaired) electrons. The first-order chi connectivity index (χ1) is 15.3. The van der Waals surface area contributed by atoms with Crippen LogP contribution in [0.4, 0.5) is 5.69 Å². The Kier molecular flexibility index (Phi) is 8.02. The van der Waals surface area contributed by atoms with Gasteiger partial charge in [-0.15, -0.1) is 0 Å². The molecule has 0 saturated carbocycles. The van der Waals surface area contributed by atoms with Gasteiger partial charge in [-0.25, -0.2) is 13.8 Å². The SMILES string of the molecule is CS(=O)(=O)N(CC(=O)N/N=C\c1ccc(OCc2ccccc2)cc1)c1cccc(Br)c1. The van der Waals surface area contributed by atoms with Crippen molar-refractivity contribution in [3.8, 4) is 5.75 Å². The molecular formula is C23H22BrN3O4S. The highest BCUT2D eigenvalue weighted by molar-refractivity contribution is 9.10. The number of hydrogen-bond donors (Lipinski definition) is 1. The van der Waals surface area contributed by atoms with E-state index >= 15 is 0 Å². The number of nitrogens with zero attached hydrogens (tertiary/aromatic N) is 2. The molecule has 166 valence electrons. The lowest BCUT2D eigenvalue weighted by Crippen LogP contribution is -2.39. The van der Waals surface area contributed by atoms with E-state index in [0.717, 1.165) is 21.7 Å². The second-order valence-corrected chi connectivity index (χ2v) is 9.71. The highest BCUT2D eigenvalue weighted by Gasteiger charge is 2.20.